The standard InChI is InChI=1S/C14H19ClO5/c1-7(2)10-11(12(16)14(17)20-5)8(15)6-9(18-3)13(10)19-4/h6-7,12,16H,1-5H3. The van der Waals surface area contributed by atoms with Gasteiger partial charge in [0.05, 0.1) is 26.4 Å². The number of halogens is 1. The molecule has 0 aliphatic carbocycles. The number of ether oxygens (including phenoxy) is 3. The first-order valence-electron chi connectivity index (χ1n) is 6.09. The van der Waals surface area contributed by atoms with E-state index in [0.29, 0.717) is 17.1 Å². The van der Waals surface area contributed by atoms with Crippen molar-refractivity contribution in [3.05, 3.63) is 22.2 Å². The number of aliphatic hydroxyl groups is 1. The van der Waals surface area contributed by atoms with Gasteiger partial charge in [0.1, 0.15) is 0 Å². The molecule has 1 rings (SSSR count). The smallest absolute Gasteiger partial charge is 0.339 e. The van der Waals surface area contributed by atoms with Crippen LogP contribution < -0.4 is 9.47 Å². The van der Waals surface area contributed by atoms with E-state index in [1.54, 1.807) is 0 Å². The Bertz CT molecular complexity index is 499. The van der Waals surface area contributed by atoms with Gasteiger partial charge in [0.25, 0.3) is 0 Å². The zero-order valence-corrected chi connectivity index (χ0v) is 12.9. The fraction of sp³-hybridized carbons (Fsp3) is 0.500. The molecule has 0 spiro atoms. The average molecular weight is 303 g/mol. The van der Waals surface area contributed by atoms with Gasteiger partial charge in [0.15, 0.2) is 17.6 Å². The van der Waals surface area contributed by atoms with Gasteiger partial charge in [-0.15, -0.1) is 0 Å². The van der Waals surface area contributed by atoms with Gasteiger partial charge in [-0.25, -0.2) is 4.79 Å². The van der Waals surface area contributed by atoms with E-state index >= 15 is 0 Å². The third-order valence-electron chi connectivity index (χ3n) is 2.97. The second kappa shape index (κ2) is 6.81. The highest BCUT2D eigenvalue weighted by molar-refractivity contribution is 6.32. The molecule has 1 aromatic rings. The van der Waals surface area contributed by atoms with Crippen LogP contribution in [0.3, 0.4) is 0 Å². The Kier molecular flexibility index (Phi) is 5.65. The molecule has 0 bridgehead atoms. The lowest BCUT2D eigenvalue weighted by molar-refractivity contribution is -0.150. The van der Waals surface area contributed by atoms with Crippen molar-refractivity contribution in [3.8, 4) is 11.5 Å². The molecule has 5 nitrogen and oxygen atoms in total. The predicted octanol–water partition coefficient (Wildman–Crippen LogP) is 2.69. The fourth-order valence-electron chi connectivity index (χ4n) is 2.08. The molecule has 0 saturated carbocycles. The van der Waals surface area contributed by atoms with Crippen LogP contribution >= 0.6 is 11.6 Å². The lowest BCUT2D eigenvalue weighted by Crippen LogP contribution is -2.17. The van der Waals surface area contributed by atoms with E-state index < -0.39 is 12.1 Å². The third kappa shape index (κ3) is 2.99. The van der Waals surface area contributed by atoms with Crippen molar-refractivity contribution in [1.82, 2.24) is 0 Å². The molecule has 6 heteroatoms. The maximum Gasteiger partial charge on any atom is 0.339 e. The molecule has 1 atom stereocenters. The van der Waals surface area contributed by atoms with Crippen molar-refractivity contribution in [2.75, 3.05) is 21.3 Å². The average Bonchev–Trinajstić information content (AvgIpc) is 2.43. The minimum atomic E-state index is -1.47. The Morgan fingerprint density at radius 2 is 1.80 bits per heavy atom. The van der Waals surface area contributed by atoms with Gasteiger partial charge in [-0.3, -0.25) is 0 Å². The number of rotatable bonds is 5. The summed E-state index contributed by atoms with van der Waals surface area (Å²) in [4.78, 5) is 11.6. The van der Waals surface area contributed by atoms with Crippen LogP contribution in [0.15, 0.2) is 6.07 Å². The Hall–Kier alpha value is -1.46. The minimum Gasteiger partial charge on any atom is -0.493 e. The molecule has 0 fully saturated rings. The summed E-state index contributed by atoms with van der Waals surface area (Å²) in [7, 11) is 4.19. The molecule has 1 N–H and O–H groups in total. The summed E-state index contributed by atoms with van der Waals surface area (Å²) < 4.78 is 15.1. The van der Waals surface area contributed by atoms with E-state index in [4.69, 9.17) is 21.1 Å². The topological polar surface area (TPSA) is 65.0 Å². The number of carbonyl (C=O) groups excluding carboxylic acids is 1. The molecule has 112 valence electrons. The third-order valence-corrected chi connectivity index (χ3v) is 3.29. The second-order valence-electron chi connectivity index (χ2n) is 4.50. The Labute approximate surface area is 123 Å². The van der Waals surface area contributed by atoms with Crippen LogP contribution in [0, 0.1) is 0 Å². The summed E-state index contributed by atoms with van der Waals surface area (Å²) >= 11 is 6.18. The van der Waals surface area contributed by atoms with Crippen molar-refractivity contribution in [3.63, 3.8) is 0 Å². The fourth-order valence-corrected chi connectivity index (χ4v) is 2.39. The first-order valence-corrected chi connectivity index (χ1v) is 6.46. The molecule has 0 radical (unpaired) electrons. The van der Waals surface area contributed by atoms with E-state index in [1.165, 1.54) is 27.4 Å². The van der Waals surface area contributed by atoms with Crippen LogP contribution in [-0.4, -0.2) is 32.4 Å². The van der Waals surface area contributed by atoms with Crippen LogP contribution in [0.5, 0.6) is 11.5 Å². The maximum absolute atomic E-state index is 11.6. The Balaban J connectivity index is 3.61. The molecular formula is C14H19ClO5. The summed E-state index contributed by atoms with van der Waals surface area (Å²) in [5, 5.41) is 10.4. The van der Waals surface area contributed by atoms with Gasteiger partial charge in [-0.2, -0.15) is 0 Å². The highest BCUT2D eigenvalue weighted by Crippen LogP contribution is 2.44. The second-order valence-corrected chi connectivity index (χ2v) is 4.91. The number of carbonyl (C=O) groups is 1. The lowest BCUT2D eigenvalue weighted by Gasteiger charge is -2.22. The first kappa shape index (κ1) is 16.6. The number of benzene rings is 1. The van der Waals surface area contributed by atoms with Gasteiger partial charge >= 0.3 is 5.97 Å². The lowest BCUT2D eigenvalue weighted by atomic mass is 9.92. The van der Waals surface area contributed by atoms with Crippen LogP contribution in [0.4, 0.5) is 0 Å². The van der Waals surface area contributed by atoms with Crippen LogP contribution in [-0.2, 0) is 9.53 Å². The van der Waals surface area contributed by atoms with Gasteiger partial charge in [-0.05, 0) is 5.92 Å². The molecule has 0 saturated heterocycles. The number of hydrogen-bond donors (Lipinski definition) is 1. The summed E-state index contributed by atoms with van der Waals surface area (Å²) in [6.45, 7) is 3.81. The van der Waals surface area contributed by atoms with Crippen LogP contribution in [0.2, 0.25) is 5.02 Å². The minimum absolute atomic E-state index is 0.0353. The van der Waals surface area contributed by atoms with Gasteiger partial charge in [-0.1, -0.05) is 25.4 Å². The van der Waals surface area contributed by atoms with E-state index in [-0.39, 0.29) is 16.5 Å². The van der Waals surface area contributed by atoms with Crippen molar-refractivity contribution in [2.45, 2.75) is 25.9 Å². The molecule has 0 aliphatic rings. The van der Waals surface area contributed by atoms with Crippen molar-refractivity contribution < 1.29 is 24.1 Å². The Morgan fingerprint density at radius 3 is 2.20 bits per heavy atom. The molecule has 0 aromatic heterocycles. The highest BCUT2D eigenvalue weighted by Gasteiger charge is 2.29. The van der Waals surface area contributed by atoms with Crippen molar-refractivity contribution in [2.24, 2.45) is 0 Å². The van der Waals surface area contributed by atoms with Crippen LogP contribution in [0.25, 0.3) is 0 Å². The number of hydrogen-bond acceptors (Lipinski definition) is 5. The summed E-state index contributed by atoms with van der Waals surface area (Å²) in [6, 6.07) is 1.51. The molecule has 1 unspecified atom stereocenters. The van der Waals surface area contributed by atoms with Gasteiger partial charge < -0.3 is 19.3 Å². The van der Waals surface area contributed by atoms with Crippen LogP contribution in [0.1, 0.15) is 37.0 Å². The summed E-state index contributed by atoms with van der Waals surface area (Å²) in [6.07, 6.45) is -1.47. The van der Waals surface area contributed by atoms with Gasteiger partial charge in [0.2, 0.25) is 0 Å². The van der Waals surface area contributed by atoms with Crippen molar-refractivity contribution >= 4 is 17.6 Å². The van der Waals surface area contributed by atoms with E-state index in [1.807, 2.05) is 13.8 Å². The number of methoxy groups -OCH3 is 3. The zero-order chi connectivity index (χ0) is 15.4. The number of esters is 1. The zero-order valence-electron chi connectivity index (χ0n) is 12.2. The normalized spacial score (nSPS) is 12.2. The van der Waals surface area contributed by atoms with Crippen molar-refractivity contribution in [1.29, 1.82) is 0 Å². The molecule has 0 aliphatic heterocycles. The molecule has 0 amide bonds. The quantitative estimate of drug-likeness (QED) is 0.847. The summed E-state index contributed by atoms with van der Waals surface area (Å²) in [5.41, 5.74) is 0.904. The number of aliphatic hydroxyl groups excluding tert-OH is 1. The molecular weight excluding hydrogens is 284 g/mol. The monoisotopic (exact) mass is 302 g/mol. The van der Waals surface area contributed by atoms with Gasteiger partial charge in [0, 0.05) is 17.2 Å². The predicted molar refractivity (Wildman–Crippen MR) is 75.6 cm³/mol. The molecule has 0 heterocycles. The Morgan fingerprint density at radius 1 is 1.20 bits per heavy atom. The van der Waals surface area contributed by atoms with E-state index in [9.17, 15) is 9.90 Å². The maximum atomic E-state index is 11.6. The molecule has 20 heavy (non-hydrogen) atoms. The molecule has 1 aromatic carbocycles. The summed E-state index contributed by atoms with van der Waals surface area (Å²) in [5.74, 6) is 0.0831. The van der Waals surface area contributed by atoms with E-state index in [2.05, 4.69) is 4.74 Å². The van der Waals surface area contributed by atoms with E-state index in [0.717, 1.165) is 0 Å². The first-order chi connectivity index (χ1) is 9.38. The SMILES string of the molecule is COC(=O)C(O)c1c(Cl)cc(OC)c(OC)c1C(C)C. The largest absolute Gasteiger partial charge is 0.493 e. The highest BCUT2D eigenvalue weighted by atomic mass is 35.5.